The zero-order valence-electron chi connectivity index (χ0n) is 12.8. The van der Waals surface area contributed by atoms with E-state index in [9.17, 15) is 9.00 Å². The second-order valence-corrected chi connectivity index (χ2v) is 7.31. The molecular weight excluding hydrogens is 318 g/mol. The van der Waals surface area contributed by atoms with Gasteiger partial charge in [0, 0.05) is 51.2 Å². The molecule has 2 amide bonds. The Kier molecular flexibility index (Phi) is 5.68. The maximum atomic E-state index is 11.9. The summed E-state index contributed by atoms with van der Waals surface area (Å²) in [4.78, 5) is 17.0. The minimum Gasteiger partial charge on any atom is -0.337 e. The summed E-state index contributed by atoms with van der Waals surface area (Å²) in [6, 6.07) is 6.74. The van der Waals surface area contributed by atoms with Crippen molar-refractivity contribution in [1.29, 1.82) is 0 Å². The number of thiazole rings is 1. The maximum absolute atomic E-state index is 11.9. The van der Waals surface area contributed by atoms with Crippen LogP contribution in [0.5, 0.6) is 0 Å². The highest BCUT2D eigenvalue weighted by Crippen LogP contribution is 2.19. The van der Waals surface area contributed by atoms with Gasteiger partial charge in [-0.2, -0.15) is 0 Å². The van der Waals surface area contributed by atoms with Gasteiger partial charge in [-0.05, 0) is 25.1 Å². The van der Waals surface area contributed by atoms with Crippen LogP contribution in [0.3, 0.4) is 0 Å². The highest BCUT2D eigenvalue weighted by molar-refractivity contribution is 7.84. The van der Waals surface area contributed by atoms with Crippen LogP contribution in [0.25, 0.3) is 0 Å². The molecule has 5 nitrogen and oxygen atoms in total. The summed E-state index contributed by atoms with van der Waals surface area (Å²) in [6.45, 7) is 4.50. The van der Waals surface area contributed by atoms with E-state index in [1.54, 1.807) is 41.9 Å². The van der Waals surface area contributed by atoms with Crippen molar-refractivity contribution in [2.75, 3.05) is 18.1 Å². The van der Waals surface area contributed by atoms with E-state index >= 15 is 0 Å². The Bertz CT molecular complexity index is 685. The van der Waals surface area contributed by atoms with Crippen LogP contribution < -0.4 is 10.6 Å². The van der Waals surface area contributed by atoms with Crippen LogP contribution in [0.1, 0.15) is 23.5 Å². The minimum atomic E-state index is -1.07. The molecule has 7 heteroatoms. The SMILES string of the molecule is Cc1csc([C@@H](C)CNC(=O)Nc2cccc([S@@](C)=O)c2)n1. The number of hydrogen-bond acceptors (Lipinski definition) is 4. The number of aryl methyl sites for hydroxylation is 1. The lowest BCUT2D eigenvalue weighted by atomic mass is 10.2. The first-order valence-corrected chi connectivity index (χ1v) is 9.30. The van der Waals surface area contributed by atoms with E-state index in [0.717, 1.165) is 10.7 Å². The topological polar surface area (TPSA) is 71.1 Å². The predicted octanol–water partition coefficient (Wildman–Crippen LogP) is 3.11. The second-order valence-electron chi connectivity index (χ2n) is 5.05. The number of anilines is 1. The van der Waals surface area contributed by atoms with Gasteiger partial charge in [0.2, 0.25) is 0 Å². The molecule has 0 fully saturated rings. The van der Waals surface area contributed by atoms with Gasteiger partial charge in [0.15, 0.2) is 0 Å². The van der Waals surface area contributed by atoms with Crippen LogP contribution in [0.2, 0.25) is 0 Å². The third-order valence-corrected chi connectivity index (χ3v) is 5.16. The molecule has 2 rings (SSSR count). The zero-order valence-corrected chi connectivity index (χ0v) is 14.4. The van der Waals surface area contributed by atoms with Crippen molar-refractivity contribution < 1.29 is 9.00 Å². The first-order chi connectivity index (χ1) is 10.5. The number of hydrogen-bond donors (Lipinski definition) is 2. The summed E-state index contributed by atoms with van der Waals surface area (Å²) in [5.41, 5.74) is 1.63. The molecule has 1 aromatic heterocycles. The molecule has 0 bridgehead atoms. The van der Waals surface area contributed by atoms with Crippen molar-refractivity contribution in [3.63, 3.8) is 0 Å². The van der Waals surface area contributed by atoms with Crippen molar-refractivity contribution in [3.05, 3.63) is 40.3 Å². The number of rotatable bonds is 5. The Labute approximate surface area is 136 Å². The Hall–Kier alpha value is -1.73. The highest BCUT2D eigenvalue weighted by atomic mass is 32.2. The molecule has 2 atom stereocenters. The molecule has 0 unspecified atom stereocenters. The fourth-order valence-electron chi connectivity index (χ4n) is 1.86. The summed E-state index contributed by atoms with van der Waals surface area (Å²) in [7, 11) is -1.07. The van der Waals surface area contributed by atoms with E-state index in [0.29, 0.717) is 17.1 Å². The largest absolute Gasteiger partial charge is 0.337 e. The van der Waals surface area contributed by atoms with E-state index in [4.69, 9.17) is 0 Å². The summed E-state index contributed by atoms with van der Waals surface area (Å²) in [5, 5.41) is 8.59. The van der Waals surface area contributed by atoms with Crippen LogP contribution >= 0.6 is 11.3 Å². The van der Waals surface area contributed by atoms with Crippen molar-refractivity contribution in [3.8, 4) is 0 Å². The summed E-state index contributed by atoms with van der Waals surface area (Å²) in [5.74, 6) is 0.166. The highest BCUT2D eigenvalue weighted by Gasteiger charge is 2.11. The first kappa shape index (κ1) is 16.6. The van der Waals surface area contributed by atoms with Gasteiger partial charge in [-0.1, -0.05) is 13.0 Å². The molecule has 118 valence electrons. The molecular formula is C15H19N3O2S2. The Balaban J connectivity index is 1.88. The van der Waals surface area contributed by atoms with Crippen LogP contribution in [0.15, 0.2) is 34.5 Å². The lowest BCUT2D eigenvalue weighted by Gasteiger charge is -2.11. The molecule has 0 aliphatic rings. The van der Waals surface area contributed by atoms with Gasteiger partial charge in [0.1, 0.15) is 0 Å². The third-order valence-electron chi connectivity index (χ3n) is 3.05. The quantitative estimate of drug-likeness (QED) is 0.880. The summed E-state index contributed by atoms with van der Waals surface area (Å²) < 4.78 is 11.4. The molecule has 2 N–H and O–H groups in total. The number of nitrogens with zero attached hydrogens (tertiary/aromatic N) is 1. The van der Waals surface area contributed by atoms with Gasteiger partial charge in [0.25, 0.3) is 0 Å². The normalized spacial score (nSPS) is 13.4. The lowest BCUT2D eigenvalue weighted by Crippen LogP contribution is -2.31. The molecule has 0 spiro atoms. The van der Waals surface area contributed by atoms with Gasteiger partial charge in [0.05, 0.1) is 5.01 Å². The number of urea groups is 1. The van der Waals surface area contributed by atoms with Crippen LogP contribution in [0, 0.1) is 6.92 Å². The van der Waals surface area contributed by atoms with Gasteiger partial charge >= 0.3 is 6.03 Å². The lowest BCUT2D eigenvalue weighted by molar-refractivity contribution is 0.251. The van der Waals surface area contributed by atoms with Crippen molar-refractivity contribution in [1.82, 2.24) is 10.3 Å². The Morgan fingerprint density at radius 2 is 2.23 bits per heavy atom. The molecule has 0 saturated carbocycles. The van der Waals surface area contributed by atoms with Gasteiger partial charge in [-0.25, -0.2) is 9.78 Å². The van der Waals surface area contributed by atoms with Crippen LogP contribution in [-0.2, 0) is 10.8 Å². The average molecular weight is 337 g/mol. The van der Waals surface area contributed by atoms with E-state index < -0.39 is 10.8 Å². The van der Waals surface area contributed by atoms with Gasteiger partial charge < -0.3 is 10.6 Å². The van der Waals surface area contributed by atoms with Gasteiger partial charge in [-0.15, -0.1) is 11.3 Å². The second kappa shape index (κ2) is 7.51. The van der Waals surface area contributed by atoms with Crippen molar-refractivity contribution >= 4 is 33.9 Å². The molecule has 1 heterocycles. The van der Waals surface area contributed by atoms with E-state index in [1.807, 2.05) is 19.2 Å². The maximum Gasteiger partial charge on any atom is 0.319 e. The molecule has 0 aliphatic carbocycles. The number of nitrogens with one attached hydrogen (secondary N) is 2. The minimum absolute atomic E-state index is 0.166. The summed E-state index contributed by atoms with van der Waals surface area (Å²) in [6.07, 6.45) is 1.61. The fraction of sp³-hybridized carbons (Fsp3) is 0.333. The standard InChI is InChI=1S/C15H19N3O2S2/c1-10(14-17-11(2)9-21-14)8-16-15(19)18-12-5-4-6-13(7-12)22(3)20/h4-7,9-10H,8H2,1-3H3,(H2,16,18,19)/t10-,22+/m0/s1. The van der Waals surface area contributed by atoms with Crippen LogP contribution in [-0.4, -0.2) is 28.0 Å². The Morgan fingerprint density at radius 1 is 1.45 bits per heavy atom. The summed E-state index contributed by atoms with van der Waals surface area (Å²) >= 11 is 1.60. The smallest absolute Gasteiger partial charge is 0.319 e. The number of amides is 2. The van der Waals surface area contributed by atoms with Crippen molar-refractivity contribution in [2.24, 2.45) is 0 Å². The predicted molar refractivity (Wildman–Crippen MR) is 91.1 cm³/mol. The fourth-order valence-corrected chi connectivity index (χ4v) is 3.28. The number of carbonyl (C=O) groups is 1. The van der Waals surface area contributed by atoms with E-state index in [2.05, 4.69) is 15.6 Å². The monoisotopic (exact) mass is 337 g/mol. The van der Waals surface area contributed by atoms with E-state index in [1.165, 1.54) is 0 Å². The number of benzene rings is 1. The number of aromatic nitrogens is 1. The van der Waals surface area contributed by atoms with Crippen LogP contribution in [0.4, 0.5) is 10.5 Å². The zero-order chi connectivity index (χ0) is 16.1. The van der Waals surface area contributed by atoms with Crippen molar-refractivity contribution in [2.45, 2.75) is 24.7 Å². The Morgan fingerprint density at radius 3 is 2.86 bits per heavy atom. The molecule has 0 aliphatic heterocycles. The molecule has 22 heavy (non-hydrogen) atoms. The molecule has 0 radical (unpaired) electrons. The number of carbonyl (C=O) groups excluding carboxylic acids is 1. The van der Waals surface area contributed by atoms with E-state index in [-0.39, 0.29) is 11.9 Å². The third kappa shape index (κ3) is 4.64. The first-order valence-electron chi connectivity index (χ1n) is 6.86. The van der Waals surface area contributed by atoms with Gasteiger partial charge in [-0.3, -0.25) is 4.21 Å². The molecule has 0 saturated heterocycles. The molecule has 1 aromatic carbocycles. The molecule has 2 aromatic rings. The average Bonchev–Trinajstić information content (AvgIpc) is 2.91.